The number of pyridine rings is 1. The summed E-state index contributed by atoms with van der Waals surface area (Å²) in [6.07, 6.45) is 0. The van der Waals surface area contributed by atoms with Crippen molar-refractivity contribution in [1.82, 2.24) is 9.88 Å². The lowest BCUT2D eigenvalue weighted by Crippen LogP contribution is -2.29. The molecule has 21 heavy (non-hydrogen) atoms. The second-order valence-electron chi connectivity index (χ2n) is 5.20. The van der Waals surface area contributed by atoms with Gasteiger partial charge in [0.1, 0.15) is 5.75 Å². The Morgan fingerprint density at radius 2 is 2.00 bits per heavy atom. The van der Waals surface area contributed by atoms with Gasteiger partial charge in [0.05, 0.1) is 13.2 Å². The van der Waals surface area contributed by atoms with Crippen LogP contribution >= 0.6 is 0 Å². The predicted octanol–water partition coefficient (Wildman–Crippen LogP) is 2.43. The fourth-order valence-corrected chi connectivity index (χ4v) is 2.51. The number of rotatable bonds is 5. The number of nitrogens with zero attached hydrogens (tertiary/aromatic N) is 1. The maximum absolute atomic E-state index is 12.0. The number of hydrogen-bond acceptors (Lipinski definition) is 3. The first kappa shape index (κ1) is 15.3. The Morgan fingerprint density at radius 1 is 1.24 bits per heavy atom. The third-order valence-electron chi connectivity index (χ3n) is 3.74. The molecular formula is C17H22N2O2. The Labute approximate surface area is 125 Å². The van der Waals surface area contributed by atoms with Gasteiger partial charge in [-0.25, -0.2) is 0 Å². The van der Waals surface area contributed by atoms with Gasteiger partial charge in [0.2, 0.25) is 0 Å². The van der Waals surface area contributed by atoms with E-state index in [1.807, 2.05) is 32.2 Å². The SMILES string of the molecule is CNC(Cn1c(C)cccc1=O)c1cc(C)ccc1OC. The summed E-state index contributed by atoms with van der Waals surface area (Å²) in [5, 5.41) is 3.28. The van der Waals surface area contributed by atoms with Gasteiger partial charge in [-0.3, -0.25) is 4.79 Å². The lowest BCUT2D eigenvalue weighted by atomic mass is 10.0. The topological polar surface area (TPSA) is 43.3 Å². The number of nitrogens with one attached hydrogen (secondary N) is 1. The van der Waals surface area contributed by atoms with Crippen LogP contribution < -0.4 is 15.6 Å². The molecular weight excluding hydrogens is 264 g/mol. The van der Waals surface area contributed by atoms with E-state index in [2.05, 4.69) is 18.3 Å². The summed E-state index contributed by atoms with van der Waals surface area (Å²) in [7, 11) is 3.57. The van der Waals surface area contributed by atoms with Crippen molar-refractivity contribution in [2.24, 2.45) is 0 Å². The van der Waals surface area contributed by atoms with E-state index in [-0.39, 0.29) is 11.6 Å². The fourth-order valence-electron chi connectivity index (χ4n) is 2.51. The van der Waals surface area contributed by atoms with Crippen molar-refractivity contribution in [3.05, 3.63) is 63.6 Å². The second kappa shape index (κ2) is 6.59. The average molecular weight is 286 g/mol. The number of methoxy groups -OCH3 is 1. The first-order chi connectivity index (χ1) is 10.1. The first-order valence-electron chi connectivity index (χ1n) is 7.05. The highest BCUT2D eigenvalue weighted by atomic mass is 16.5. The Bertz CT molecular complexity index is 677. The molecule has 0 radical (unpaired) electrons. The molecule has 0 amide bonds. The van der Waals surface area contributed by atoms with Crippen molar-refractivity contribution in [2.45, 2.75) is 26.4 Å². The smallest absolute Gasteiger partial charge is 0.250 e. The molecule has 0 saturated carbocycles. The molecule has 0 saturated heterocycles. The number of hydrogen-bond donors (Lipinski definition) is 1. The molecule has 0 aliphatic heterocycles. The summed E-state index contributed by atoms with van der Waals surface area (Å²) in [4.78, 5) is 12.0. The van der Waals surface area contributed by atoms with Crippen LogP contribution in [0.2, 0.25) is 0 Å². The molecule has 0 spiro atoms. The average Bonchev–Trinajstić information content (AvgIpc) is 2.47. The highest BCUT2D eigenvalue weighted by Crippen LogP contribution is 2.27. The number of likely N-dealkylation sites (N-methyl/N-ethyl adjacent to an activating group) is 1. The Morgan fingerprint density at radius 3 is 2.62 bits per heavy atom. The number of benzene rings is 1. The molecule has 1 heterocycles. The maximum atomic E-state index is 12.0. The lowest BCUT2D eigenvalue weighted by Gasteiger charge is -2.22. The standard InChI is InChI=1S/C17H22N2O2/c1-12-8-9-16(21-4)14(10-12)15(18-3)11-19-13(2)6-5-7-17(19)20/h5-10,15,18H,11H2,1-4H3. The van der Waals surface area contributed by atoms with Gasteiger partial charge in [-0.2, -0.15) is 0 Å². The van der Waals surface area contributed by atoms with Gasteiger partial charge in [-0.05, 0) is 33.0 Å². The first-order valence-corrected chi connectivity index (χ1v) is 7.05. The number of ether oxygens (including phenoxy) is 1. The summed E-state index contributed by atoms with van der Waals surface area (Å²) < 4.78 is 7.23. The van der Waals surface area contributed by atoms with Crippen molar-refractivity contribution in [3.8, 4) is 5.75 Å². The number of aromatic nitrogens is 1. The molecule has 1 aromatic heterocycles. The minimum absolute atomic E-state index is 0.0126. The zero-order chi connectivity index (χ0) is 15.4. The van der Waals surface area contributed by atoms with Crippen molar-refractivity contribution >= 4 is 0 Å². The molecule has 0 aliphatic rings. The molecule has 2 aromatic rings. The van der Waals surface area contributed by atoms with Gasteiger partial charge in [0, 0.05) is 23.9 Å². The van der Waals surface area contributed by atoms with Crippen LogP contribution in [-0.2, 0) is 6.54 Å². The van der Waals surface area contributed by atoms with E-state index in [1.165, 1.54) is 5.56 Å². The highest BCUT2D eigenvalue weighted by Gasteiger charge is 2.16. The summed E-state index contributed by atoms with van der Waals surface area (Å²) in [6.45, 7) is 4.57. The molecule has 0 aliphatic carbocycles. The maximum Gasteiger partial charge on any atom is 0.250 e. The van der Waals surface area contributed by atoms with Crippen molar-refractivity contribution < 1.29 is 4.74 Å². The van der Waals surface area contributed by atoms with Crippen LogP contribution in [0.5, 0.6) is 5.75 Å². The molecule has 2 rings (SSSR count). The van der Waals surface area contributed by atoms with Gasteiger partial charge in [0.15, 0.2) is 0 Å². The van der Waals surface area contributed by atoms with Crippen molar-refractivity contribution in [2.75, 3.05) is 14.2 Å². The molecule has 1 aromatic carbocycles. The number of aryl methyl sites for hydroxylation is 2. The zero-order valence-electron chi connectivity index (χ0n) is 13.0. The molecule has 1 atom stereocenters. The molecule has 1 N–H and O–H groups in total. The summed E-state index contributed by atoms with van der Waals surface area (Å²) in [6, 6.07) is 11.4. The molecule has 0 bridgehead atoms. The minimum Gasteiger partial charge on any atom is -0.496 e. The van der Waals surface area contributed by atoms with E-state index < -0.39 is 0 Å². The van der Waals surface area contributed by atoms with E-state index >= 15 is 0 Å². The van der Waals surface area contributed by atoms with E-state index in [0.717, 1.165) is 17.0 Å². The van der Waals surface area contributed by atoms with E-state index in [1.54, 1.807) is 23.8 Å². The molecule has 4 heteroatoms. The fraction of sp³-hybridized carbons (Fsp3) is 0.353. The van der Waals surface area contributed by atoms with Crippen LogP contribution in [0.1, 0.15) is 22.9 Å². The van der Waals surface area contributed by atoms with Crippen LogP contribution in [0.15, 0.2) is 41.2 Å². The summed E-state index contributed by atoms with van der Waals surface area (Å²) in [5.41, 5.74) is 3.20. The lowest BCUT2D eigenvalue weighted by molar-refractivity contribution is 0.392. The van der Waals surface area contributed by atoms with Crippen LogP contribution in [0.25, 0.3) is 0 Å². The summed E-state index contributed by atoms with van der Waals surface area (Å²) >= 11 is 0. The third kappa shape index (κ3) is 3.34. The Kier molecular flexibility index (Phi) is 4.81. The molecule has 1 unspecified atom stereocenters. The highest BCUT2D eigenvalue weighted by molar-refractivity contribution is 5.39. The second-order valence-corrected chi connectivity index (χ2v) is 5.20. The van der Waals surface area contributed by atoms with Gasteiger partial charge in [-0.1, -0.05) is 23.8 Å². The largest absolute Gasteiger partial charge is 0.496 e. The molecule has 0 fully saturated rings. The van der Waals surface area contributed by atoms with Gasteiger partial charge in [0.25, 0.3) is 5.56 Å². The van der Waals surface area contributed by atoms with E-state index in [4.69, 9.17) is 4.74 Å². The minimum atomic E-state index is 0.0126. The quantitative estimate of drug-likeness (QED) is 0.918. The zero-order valence-corrected chi connectivity index (χ0v) is 13.0. The summed E-state index contributed by atoms with van der Waals surface area (Å²) in [5.74, 6) is 0.835. The van der Waals surface area contributed by atoms with Gasteiger partial charge >= 0.3 is 0 Å². The van der Waals surface area contributed by atoms with Crippen LogP contribution in [-0.4, -0.2) is 18.7 Å². The van der Waals surface area contributed by atoms with E-state index in [0.29, 0.717) is 6.54 Å². The van der Waals surface area contributed by atoms with Crippen molar-refractivity contribution in [1.29, 1.82) is 0 Å². The van der Waals surface area contributed by atoms with Crippen LogP contribution in [0.4, 0.5) is 0 Å². The van der Waals surface area contributed by atoms with Gasteiger partial charge in [-0.15, -0.1) is 0 Å². The third-order valence-corrected chi connectivity index (χ3v) is 3.74. The van der Waals surface area contributed by atoms with Gasteiger partial charge < -0.3 is 14.6 Å². The van der Waals surface area contributed by atoms with Crippen molar-refractivity contribution in [3.63, 3.8) is 0 Å². The monoisotopic (exact) mass is 286 g/mol. The normalized spacial score (nSPS) is 12.2. The van der Waals surface area contributed by atoms with E-state index in [9.17, 15) is 4.79 Å². The van der Waals surface area contributed by atoms with Crippen LogP contribution in [0.3, 0.4) is 0 Å². The van der Waals surface area contributed by atoms with Crippen LogP contribution in [0, 0.1) is 13.8 Å². The molecule has 4 nitrogen and oxygen atoms in total. The Balaban J connectivity index is 2.41. The Hall–Kier alpha value is -2.07. The predicted molar refractivity (Wildman–Crippen MR) is 85.0 cm³/mol. The molecule has 112 valence electrons.